The number of nitrogens with zero attached hydrogens (tertiary/aromatic N) is 1. The fourth-order valence-corrected chi connectivity index (χ4v) is 3.13. The summed E-state index contributed by atoms with van der Waals surface area (Å²) in [6.07, 6.45) is 1.51. The molecule has 1 heterocycles. The molecule has 0 fully saturated rings. The quantitative estimate of drug-likeness (QED) is 0.540. The van der Waals surface area contributed by atoms with E-state index in [1.165, 1.54) is 17.0 Å². The van der Waals surface area contributed by atoms with Gasteiger partial charge in [-0.3, -0.25) is 0 Å². The van der Waals surface area contributed by atoms with Gasteiger partial charge in [-0.2, -0.15) is 0 Å². The van der Waals surface area contributed by atoms with E-state index in [-0.39, 0.29) is 24.4 Å². The summed E-state index contributed by atoms with van der Waals surface area (Å²) in [4.78, 5) is 1.32. The minimum atomic E-state index is -1.03. The third-order valence-corrected chi connectivity index (χ3v) is 4.62. The largest absolute Gasteiger partial charge is 0.488 e. The molecule has 0 amide bonds. The Balaban J connectivity index is 1.80. The fraction of sp³-hybridized carbons (Fsp3) is 0.158. The summed E-state index contributed by atoms with van der Waals surface area (Å²) in [7, 11) is 0. The molecule has 1 aliphatic heterocycles. The third kappa shape index (κ3) is 4.16. The van der Waals surface area contributed by atoms with Gasteiger partial charge in [-0.1, -0.05) is 0 Å². The van der Waals surface area contributed by atoms with E-state index in [9.17, 15) is 22.0 Å². The molecule has 0 spiro atoms. The summed E-state index contributed by atoms with van der Waals surface area (Å²) in [6, 6.07) is 4.36. The van der Waals surface area contributed by atoms with Crippen molar-refractivity contribution in [3.05, 3.63) is 87.0 Å². The first-order valence-electron chi connectivity index (χ1n) is 7.82. The van der Waals surface area contributed by atoms with Gasteiger partial charge in [0, 0.05) is 35.5 Å². The second-order valence-corrected chi connectivity index (χ2v) is 6.84. The van der Waals surface area contributed by atoms with Gasteiger partial charge in [0.1, 0.15) is 35.5 Å². The Kier molecular flexibility index (Phi) is 5.55. The van der Waals surface area contributed by atoms with Crippen molar-refractivity contribution in [2.45, 2.75) is 13.5 Å². The van der Waals surface area contributed by atoms with Crippen molar-refractivity contribution < 1.29 is 26.7 Å². The number of anilines is 1. The van der Waals surface area contributed by atoms with Crippen LogP contribution in [0.4, 0.5) is 27.6 Å². The summed E-state index contributed by atoms with van der Waals surface area (Å²) in [5.74, 6) is -4.15. The van der Waals surface area contributed by atoms with Crippen LogP contribution in [0, 0.1) is 29.1 Å². The van der Waals surface area contributed by atoms with Crippen LogP contribution >= 0.6 is 15.9 Å². The molecule has 0 saturated carbocycles. The SMILES string of the molecule is CC1=CC(OCc2ccc(F)cc2F)=C(Br)CN1c1c(F)cc(F)cc1F. The predicted octanol–water partition coefficient (Wildman–Crippen LogP) is 5.93. The van der Waals surface area contributed by atoms with Crippen LogP contribution < -0.4 is 4.90 Å². The summed E-state index contributed by atoms with van der Waals surface area (Å²) in [5, 5.41) is 0. The highest BCUT2D eigenvalue weighted by Gasteiger charge is 2.25. The molecule has 2 aromatic carbocycles. The standard InChI is InChI=1S/C19H13BrF5NO/c1-10-4-18(27-9-11-2-3-12(21)5-15(11)23)14(20)8-26(10)19-16(24)6-13(22)7-17(19)25/h2-7H,8-9H2,1H3. The molecule has 0 unspecified atom stereocenters. The highest BCUT2D eigenvalue weighted by molar-refractivity contribution is 9.11. The van der Waals surface area contributed by atoms with Crippen LogP contribution in [-0.4, -0.2) is 6.54 Å². The molecule has 1 aliphatic rings. The van der Waals surface area contributed by atoms with Gasteiger partial charge in [-0.05, 0) is 35.0 Å². The zero-order valence-corrected chi connectivity index (χ0v) is 15.6. The summed E-state index contributed by atoms with van der Waals surface area (Å²) in [6.45, 7) is 1.48. The van der Waals surface area contributed by atoms with E-state index in [2.05, 4.69) is 15.9 Å². The van der Waals surface area contributed by atoms with Crippen LogP contribution in [0.1, 0.15) is 12.5 Å². The van der Waals surface area contributed by atoms with Crippen LogP contribution in [0.3, 0.4) is 0 Å². The molecule has 2 aromatic rings. The molecule has 0 bridgehead atoms. The minimum absolute atomic E-state index is 0.0308. The maximum Gasteiger partial charge on any atom is 0.152 e. The molecule has 2 nitrogen and oxygen atoms in total. The van der Waals surface area contributed by atoms with Gasteiger partial charge in [0.25, 0.3) is 0 Å². The maximum absolute atomic E-state index is 14.1. The van der Waals surface area contributed by atoms with Gasteiger partial charge < -0.3 is 9.64 Å². The molecular formula is C19H13BrF5NO. The third-order valence-electron chi connectivity index (χ3n) is 3.98. The van der Waals surface area contributed by atoms with Crippen LogP contribution in [0.15, 0.2) is 52.3 Å². The normalized spacial score (nSPS) is 14.5. The molecule has 0 N–H and O–H groups in total. The van der Waals surface area contributed by atoms with Gasteiger partial charge in [0.2, 0.25) is 0 Å². The zero-order valence-electron chi connectivity index (χ0n) is 14.0. The number of ether oxygens (including phenoxy) is 1. The van der Waals surface area contributed by atoms with Crippen molar-refractivity contribution in [1.82, 2.24) is 0 Å². The van der Waals surface area contributed by atoms with Crippen molar-refractivity contribution >= 4 is 21.6 Å². The average molecular weight is 446 g/mol. The van der Waals surface area contributed by atoms with E-state index >= 15 is 0 Å². The minimum Gasteiger partial charge on any atom is -0.488 e. The van der Waals surface area contributed by atoms with E-state index < -0.39 is 29.1 Å². The lowest BCUT2D eigenvalue weighted by atomic mass is 10.1. The van der Waals surface area contributed by atoms with Crippen molar-refractivity contribution in [2.75, 3.05) is 11.4 Å². The Hall–Kier alpha value is -2.35. The van der Waals surface area contributed by atoms with Gasteiger partial charge in [0.15, 0.2) is 11.6 Å². The van der Waals surface area contributed by atoms with E-state index in [0.717, 1.165) is 12.1 Å². The maximum atomic E-state index is 14.1. The molecule has 3 rings (SSSR count). The Bertz CT molecular complexity index is 934. The highest BCUT2D eigenvalue weighted by atomic mass is 79.9. The first kappa shape index (κ1) is 19.4. The number of benzene rings is 2. The monoisotopic (exact) mass is 445 g/mol. The Morgan fingerprint density at radius 2 is 1.59 bits per heavy atom. The Morgan fingerprint density at radius 1 is 0.963 bits per heavy atom. The topological polar surface area (TPSA) is 12.5 Å². The second kappa shape index (κ2) is 7.72. The smallest absolute Gasteiger partial charge is 0.152 e. The zero-order chi connectivity index (χ0) is 19.7. The molecular weight excluding hydrogens is 433 g/mol. The first-order valence-corrected chi connectivity index (χ1v) is 8.61. The van der Waals surface area contributed by atoms with Crippen LogP contribution in [0.2, 0.25) is 0 Å². The van der Waals surface area contributed by atoms with Gasteiger partial charge in [-0.25, -0.2) is 22.0 Å². The second-order valence-electron chi connectivity index (χ2n) is 5.88. The molecule has 0 aliphatic carbocycles. The van der Waals surface area contributed by atoms with Crippen LogP contribution in [0.25, 0.3) is 0 Å². The van der Waals surface area contributed by atoms with E-state index in [1.807, 2.05) is 0 Å². The number of hydrogen-bond donors (Lipinski definition) is 0. The number of allylic oxidation sites excluding steroid dienone is 2. The Labute approximate surface area is 160 Å². The number of rotatable bonds is 4. The number of hydrogen-bond acceptors (Lipinski definition) is 2. The van der Waals surface area contributed by atoms with Gasteiger partial charge in [-0.15, -0.1) is 0 Å². The van der Waals surface area contributed by atoms with Crippen molar-refractivity contribution in [1.29, 1.82) is 0 Å². The van der Waals surface area contributed by atoms with Crippen molar-refractivity contribution in [2.24, 2.45) is 0 Å². The lowest BCUT2D eigenvalue weighted by Crippen LogP contribution is -2.28. The molecule has 0 aromatic heterocycles. The molecule has 142 valence electrons. The lowest BCUT2D eigenvalue weighted by molar-refractivity contribution is 0.204. The van der Waals surface area contributed by atoms with Crippen LogP contribution in [-0.2, 0) is 11.3 Å². The van der Waals surface area contributed by atoms with Gasteiger partial charge in [0.05, 0.1) is 11.0 Å². The van der Waals surface area contributed by atoms with Crippen molar-refractivity contribution in [3.63, 3.8) is 0 Å². The van der Waals surface area contributed by atoms with Crippen molar-refractivity contribution in [3.8, 4) is 0 Å². The van der Waals surface area contributed by atoms with Gasteiger partial charge >= 0.3 is 0 Å². The highest BCUT2D eigenvalue weighted by Crippen LogP contribution is 2.34. The first-order chi connectivity index (χ1) is 12.8. The molecule has 27 heavy (non-hydrogen) atoms. The summed E-state index contributed by atoms with van der Waals surface area (Å²) < 4.78 is 73.9. The number of halogens is 6. The van der Waals surface area contributed by atoms with Crippen LogP contribution in [0.5, 0.6) is 0 Å². The Morgan fingerprint density at radius 3 is 2.22 bits per heavy atom. The molecule has 8 heteroatoms. The summed E-state index contributed by atoms with van der Waals surface area (Å²) in [5.41, 5.74) is 0.219. The molecule has 0 radical (unpaired) electrons. The predicted molar refractivity (Wildman–Crippen MR) is 94.5 cm³/mol. The average Bonchev–Trinajstić information content (AvgIpc) is 2.56. The van der Waals surface area contributed by atoms with E-state index in [1.54, 1.807) is 6.92 Å². The molecule has 0 atom stereocenters. The van der Waals surface area contributed by atoms with E-state index in [0.29, 0.717) is 28.1 Å². The lowest BCUT2D eigenvalue weighted by Gasteiger charge is -2.30. The molecule has 0 saturated heterocycles. The fourth-order valence-electron chi connectivity index (χ4n) is 2.65. The van der Waals surface area contributed by atoms with E-state index in [4.69, 9.17) is 4.74 Å². The summed E-state index contributed by atoms with van der Waals surface area (Å²) >= 11 is 3.28.